The van der Waals surface area contributed by atoms with E-state index in [2.05, 4.69) is 22.9 Å². The number of aryl methyl sites for hydroxylation is 2. The SMILES string of the molecule is CN1CCO[C@H]2CN(Cc3cc4c(cc3O)CCC4)C[C@@H]21. The molecule has 1 aliphatic carbocycles. The summed E-state index contributed by atoms with van der Waals surface area (Å²) in [5, 5.41) is 10.3. The molecule has 21 heavy (non-hydrogen) atoms. The van der Waals surface area contributed by atoms with E-state index in [-0.39, 0.29) is 0 Å². The summed E-state index contributed by atoms with van der Waals surface area (Å²) in [5.74, 6) is 0.472. The highest BCUT2D eigenvalue weighted by Crippen LogP contribution is 2.31. The normalized spacial score (nSPS) is 29.6. The number of likely N-dealkylation sites (N-methyl/N-ethyl adjacent to an activating group) is 1. The molecule has 0 amide bonds. The molecule has 2 atom stereocenters. The molecule has 1 aromatic carbocycles. The zero-order valence-corrected chi connectivity index (χ0v) is 12.7. The van der Waals surface area contributed by atoms with E-state index >= 15 is 0 Å². The number of phenols is 1. The third-order valence-electron chi connectivity index (χ3n) is 5.34. The van der Waals surface area contributed by atoms with Crippen molar-refractivity contribution in [2.75, 3.05) is 33.3 Å². The average molecular weight is 288 g/mol. The predicted octanol–water partition coefficient (Wildman–Crippen LogP) is 1.40. The molecule has 0 spiro atoms. The Bertz CT molecular complexity index is 546. The highest BCUT2D eigenvalue weighted by molar-refractivity contribution is 5.44. The molecule has 4 heteroatoms. The number of benzene rings is 1. The van der Waals surface area contributed by atoms with Gasteiger partial charge in [-0.15, -0.1) is 0 Å². The van der Waals surface area contributed by atoms with Crippen molar-refractivity contribution in [2.45, 2.75) is 38.0 Å². The number of rotatable bonds is 2. The Balaban J connectivity index is 1.49. The van der Waals surface area contributed by atoms with Crippen LogP contribution in [0.15, 0.2) is 12.1 Å². The quantitative estimate of drug-likeness (QED) is 0.892. The molecule has 0 saturated carbocycles. The standard InChI is InChI=1S/C17H24N2O2/c1-18-5-6-21-17-11-19(10-15(17)18)9-14-7-12-3-2-4-13(12)8-16(14)20/h7-8,15,17,20H,2-6,9-11H2,1H3/t15-,17-/m0/s1. The Morgan fingerprint density at radius 1 is 1.24 bits per heavy atom. The third kappa shape index (κ3) is 2.45. The number of fused-ring (bicyclic) bond motifs is 2. The number of morpholine rings is 1. The van der Waals surface area contributed by atoms with Crippen LogP contribution in [0.5, 0.6) is 5.75 Å². The molecule has 1 N–H and O–H groups in total. The van der Waals surface area contributed by atoms with Gasteiger partial charge in [0.2, 0.25) is 0 Å². The maximum absolute atomic E-state index is 10.3. The highest BCUT2D eigenvalue weighted by atomic mass is 16.5. The summed E-state index contributed by atoms with van der Waals surface area (Å²) in [5.41, 5.74) is 3.86. The lowest BCUT2D eigenvalue weighted by Crippen LogP contribution is -2.48. The number of ether oxygens (including phenoxy) is 1. The van der Waals surface area contributed by atoms with E-state index in [0.717, 1.165) is 44.8 Å². The van der Waals surface area contributed by atoms with Crippen molar-refractivity contribution in [3.63, 3.8) is 0 Å². The fraction of sp³-hybridized carbons (Fsp3) is 0.647. The van der Waals surface area contributed by atoms with Crippen LogP contribution in [0, 0.1) is 0 Å². The van der Waals surface area contributed by atoms with E-state index in [0.29, 0.717) is 17.9 Å². The first-order valence-electron chi connectivity index (χ1n) is 8.08. The van der Waals surface area contributed by atoms with Gasteiger partial charge in [0.05, 0.1) is 12.7 Å². The maximum atomic E-state index is 10.3. The van der Waals surface area contributed by atoms with Gasteiger partial charge in [-0.3, -0.25) is 9.80 Å². The van der Waals surface area contributed by atoms with Crippen molar-refractivity contribution in [1.82, 2.24) is 9.80 Å². The van der Waals surface area contributed by atoms with Crippen molar-refractivity contribution in [2.24, 2.45) is 0 Å². The lowest BCUT2D eigenvalue weighted by Gasteiger charge is -2.33. The van der Waals surface area contributed by atoms with Gasteiger partial charge >= 0.3 is 0 Å². The van der Waals surface area contributed by atoms with Crippen LogP contribution < -0.4 is 0 Å². The number of likely N-dealkylation sites (tertiary alicyclic amines) is 1. The fourth-order valence-electron chi connectivity index (χ4n) is 4.09. The molecule has 0 bridgehead atoms. The largest absolute Gasteiger partial charge is 0.508 e. The van der Waals surface area contributed by atoms with Gasteiger partial charge in [0, 0.05) is 37.8 Å². The van der Waals surface area contributed by atoms with Crippen molar-refractivity contribution >= 4 is 0 Å². The van der Waals surface area contributed by atoms with E-state index in [9.17, 15) is 5.11 Å². The minimum atomic E-state index is 0.334. The lowest BCUT2D eigenvalue weighted by atomic mass is 10.0. The molecular weight excluding hydrogens is 264 g/mol. The van der Waals surface area contributed by atoms with Gasteiger partial charge in [-0.1, -0.05) is 6.07 Å². The van der Waals surface area contributed by atoms with Crippen LogP contribution in [0.2, 0.25) is 0 Å². The maximum Gasteiger partial charge on any atom is 0.120 e. The van der Waals surface area contributed by atoms with Crippen molar-refractivity contribution in [3.8, 4) is 5.75 Å². The predicted molar refractivity (Wildman–Crippen MR) is 81.6 cm³/mol. The summed E-state index contributed by atoms with van der Waals surface area (Å²) in [6.07, 6.45) is 3.85. The van der Waals surface area contributed by atoms with Crippen LogP contribution in [-0.2, 0) is 24.1 Å². The summed E-state index contributed by atoms with van der Waals surface area (Å²) in [6, 6.07) is 4.73. The second-order valence-electron chi connectivity index (χ2n) is 6.75. The average Bonchev–Trinajstić information content (AvgIpc) is 3.06. The monoisotopic (exact) mass is 288 g/mol. The van der Waals surface area contributed by atoms with Crippen LogP contribution in [0.4, 0.5) is 0 Å². The van der Waals surface area contributed by atoms with Gasteiger partial charge in [-0.2, -0.15) is 0 Å². The molecule has 2 heterocycles. The van der Waals surface area contributed by atoms with Gasteiger partial charge < -0.3 is 9.84 Å². The number of hydrogen-bond donors (Lipinski definition) is 1. The Morgan fingerprint density at radius 2 is 2.05 bits per heavy atom. The van der Waals surface area contributed by atoms with Crippen LogP contribution in [-0.4, -0.2) is 60.3 Å². The summed E-state index contributed by atoms with van der Waals surface area (Å²) >= 11 is 0. The van der Waals surface area contributed by atoms with Crippen LogP contribution in [0.1, 0.15) is 23.1 Å². The minimum Gasteiger partial charge on any atom is -0.508 e. The second-order valence-corrected chi connectivity index (χ2v) is 6.75. The van der Waals surface area contributed by atoms with Crippen LogP contribution >= 0.6 is 0 Å². The van der Waals surface area contributed by atoms with Crippen molar-refractivity contribution in [1.29, 1.82) is 0 Å². The molecule has 2 fully saturated rings. The summed E-state index contributed by atoms with van der Waals surface area (Å²) < 4.78 is 5.90. The molecule has 2 aliphatic heterocycles. The molecule has 4 nitrogen and oxygen atoms in total. The Hall–Kier alpha value is -1.10. The van der Waals surface area contributed by atoms with Gasteiger partial charge in [0.25, 0.3) is 0 Å². The van der Waals surface area contributed by atoms with E-state index in [4.69, 9.17) is 4.74 Å². The molecule has 0 unspecified atom stereocenters. The van der Waals surface area contributed by atoms with E-state index in [1.165, 1.54) is 24.0 Å². The lowest BCUT2D eigenvalue weighted by molar-refractivity contribution is -0.0370. The van der Waals surface area contributed by atoms with Crippen LogP contribution in [0.3, 0.4) is 0 Å². The van der Waals surface area contributed by atoms with E-state index < -0.39 is 0 Å². The highest BCUT2D eigenvalue weighted by Gasteiger charge is 2.38. The topological polar surface area (TPSA) is 35.9 Å². The Labute approximate surface area is 126 Å². The summed E-state index contributed by atoms with van der Waals surface area (Å²) in [6.45, 7) is 4.72. The first-order chi connectivity index (χ1) is 10.2. The minimum absolute atomic E-state index is 0.334. The third-order valence-corrected chi connectivity index (χ3v) is 5.34. The second kappa shape index (κ2) is 5.27. The number of nitrogens with zero attached hydrogens (tertiary/aromatic N) is 2. The van der Waals surface area contributed by atoms with Gasteiger partial charge in [-0.05, 0) is 43.5 Å². The van der Waals surface area contributed by atoms with E-state index in [1.807, 2.05) is 6.07 Å². The van der Waals surface area contributed by atoms with Gasteiger partial charge in [-0.25, -0.2) is 0 Å². The first-order valence-corrected chi connectivity index (χ1v) is 8.08. The molecule has 3 aliphatic rings. The first kappa shape index (κ1) is 13.6. The van der Waals surface area contributed by atoms with Gasteiger partial charge in [0.15, 0.2) is 0 Å². The zero-order valence-electron chi connectivity index (χ0n) is 12.7. The molecule has 114 valence electrons. The summed E-state index contributed by atoms with van der Waals surface area (Å²) in [7, 11) is 2.19. The Kier molecular flexibility index (Phi) is 3.40. The van der Waals surface area contributed by atoms with Crippen molar-refractivity contribution in [3.05, 3.63) is 28.8 Å². The molecule has 0 radical (unpaired) electrons. The molecular formula is C17H24N2O2. The smallest absolute Gasteiger partial charge is 0.120 e. The molecule has 2 saturated heterocycles. The zero-order chi connectivity index (χ0) is 14.4. The van der Waals surface area contributed by atoms with Crippen LogP contribution in [0.25, 0.3) is 0 Å². The number of hydrogen-bond acceptors (Lipinski definition) is 4. The number of phenolic OH excluding ortho intramolecular Hbond substituents is 1. The van der Waals surface area contributed by atoms with E-state index in [1.54, 1.807) is 0 Å². The fourth-order valence-corrected chi connectivity index (χ4v) is 4.09. The number of aromatic hydroxyl groups is 1. The Morgan fingerprint density at radius 3 is 2.86 bits per heavy atom. The van der Waals surface area contributed by atoms with Crippen molar-refractivity contribution < 1.29 is 9.84 Å². The molecule has 1 aromatic rings. The molecule has 4 rings (SSSR count). The summed E-state index contributed by atoms with van der Waals surface area (Å²) in [4.78, 5) is 4.84. The molecule has 0 aromatic heterocycles. The van der Waals surface area contributed by atoms with Gasteiger partial charge in [0.1, 0.15) is 5.75 Å².